The topological polar surface area (TPSA) is 69.6 Å². The molecule has 0 radical (unpaired) electrons. The maximum atomic E-state index is 12.1. The van der Waals surface area contributed by atoms with Gasteiger partial charge in [-0.15, -0.1) is 0 Å². The normalized spacial score (nSPS) is 21.8. The summed E-state index contributed by atoms with van der Waals surface area (Å²) < 4.78 is 0. The Bertz CT molecular complexity index is 530. The van der Waals surface area contributed by atoms with E-state index in [4.69, 9.17) is 0 Å². The van der Waals surface area contributed by atoms with Crippen LogP contribution in [-0.2, 0) is 11.2 Å². The Balaban J connectivity index is 2.01. The van der Waals surface area contributed by atoms with Gasteiger partial charge in [0.25, 0.3) is 0 Å². The number of benzene rings is 1. The van der Waals surface area contributed by atoms with E-state index in [0.29, 0.717) is 13.0 Å². The molecule has 1 aromatic rings. The molecule has 1 unspecified atom stereocenters. The number of carboxylic acid groups (broad SMARTS) is 1. The Hall–Kier alpha value is -2.04. The summed E-state index contributed by atoms with van der Waals surface area (Å²) in [5.74, 6) is -0.846. The molecule has 1 saturated heterocycles. The molecule has 2 rings (SSSR count). The number of carboxylic acids is 1. The fourth-order valence-electron chi connectivity index (χ4n) is 2.38. The van der Waals surface area contributed by atoms with E-state index in [1.807, 2.05) is 24.3 Å². The van der Waals surface area contributed by atoms with Gasteiger partial charge in [-0.25, -0.2) is 4.79 Å². The molecule has 20 heavy (non-hydrogen) atoms. The van der Waals surface area contributed by atoms with Gasteiger partial charge in [0.2, 0.25) is 0 Å². The van der Waals surface area contributed by atoms with Crippen LogP contribution in [0.3, 0.4) is 0 Å². The molecule has 0 saturated carbocycles. The molecule has 108 valence electrons. The van der Waals surface area contributed by atoms with Crippen molar-refractivity contribution in [1.82, 2.24) is 4.90 Å². The molecule has 1 atom stereocenters. The van der Waals surface area contributed by atoms with Gasteiger partial charge in [0.05, 0.1) is 5.41 Å². The zero-order valence-corrected chi connectivity index (χ0v) is 11.8. The van der Waals surface area contributed by atoms with Crippen LogP contribution >= 0.6 is 0 Å². The number of hydrogen-bond donors (Lipinski definition) is 2. The van der Waals surface area contributed by atoms with E-state index in [1.165, 1.54) is 0 Å². The maximum absolute atomic E-state index is 12.1. The number of anilines is 1. The van der Waals surface area contributed by atoms with Gasteiger partial charge >= 0.3 is 12.0 Å². The number of aliphatic carboxylic acids is 1. The van der Waals surface area contributed by atoms with Gasteiger partial charge in [0.1, 0.15) is 0 Å². The first-order valence-electron chi connectivity index (χ1n) is 6.83. The molecule has 5 nitrogen and oxygen atoms in total. The minimum Gasteiger partial charge on any atom is -0.481 e. The van der Waals surface area contributed by atoms with Crippen molar-refractivity contribution in [1.29, 1.82) is 0 Å². The Morgan fingerprint density at radius 3 is 2.80 bits per heavy atom. The van der Waals surface area contributed by atoms with E-state index in [-0.39, 0.29) is 12.6 Å². The first-order chi connectivity index (χ1) is 9.44. The predicted octanol–water partition coefficient (Wildman–Crippen LogP) is 2.58. The van der Waals surface area contributed by atoms with Crippen LogP contribution in [0.25, 0.3) is 0 Å². The summed E-state index contributed by atoms with van der Waals surface area (Å²) in [6.45, 7) is 4.46. The van der Waals surface area contributed by atoms with E-state index in [2.05, 4.69) is 12.2 Å². The molecular formula is C15H20N2O3. The Morgan fingerprint density at radius 2 is 2.20 bits per heavy atom. The number of rotatable bonds is 3. The number of amides is 2. The highest BCUT2D eigenvalue weighted by molar-refractivity contribution is 5.90. The van der Waals surface area contributed by atoms with Crippen molar-refractivity contribution in [3.8, 4) is 0 Å². The van der Waals surface area contributed by atoms with Crippen LogP contribution in [-0.4, -0.2) is 35.1 Å². The van der Waals surface area contributed by atoms with Crippen LogP contribution in [0.2, 0.25) is 0 Å². The van der Waals surface area contributed by atoms with Crippen molar-refractivity contribution in [3.63, 3.8) is 0 Å². The van der Waals surface area contributed by atoms with Crippen LogP contribution in [0.5, 0.6) is 0 Å². The smallest absolute Gasteiger partial charge is 0.321 e. The number of aryl methyl sites for hydroxylation is 1. The molecule has 2 N–H and O–H groups in total. The molecular weight excluding hydrogens is 256 g/mol. The Morgan fingerprint density at radius 1 is 1.45 bits per heavy atom. The van der Waals surface area contributed by atoms with Crippen LogP contribution in [0.15, 0.2) is 24.3 Å². The largest absolute Gasteiger partial charge is 0.481 e. The number of urea groups is 1. The molecule has 2 amide bonds. The summed E-state index contributed by atoms with van der Waals surface area (Å²) in [5, 5.41) is 12.0. The Kier molecular flexibility index (Phi) is 3.97. The molecule has 1 fully saturated rings. The lowest BCUT2D eigenvalue weighted by molar-refractivity contribution is -0.146. The average molecular weight is 276 g/mol. The van der Waals surface area contributed by atoms with Crippen molar-refractivity contribution in [2.45, 2.75) is 26.7 Å². The molecule has 0 bridgehead atoms. The van der Waals surface area contributed by atoms with Crippen molar-refractivity contribution in [3.05, 3.63) is 29.8 Å². The number of nitrogens with one attached hydrogen (secondary N) is 1. The van der Waals surface area contributed by atoms with Crippen molar-refractivity contribution >= 4 is 17.7 Å². The first-order valence-corrected chi connectivity index (χ1v) is 6.83. The van der Waals surface area contributed by atoms with Crippen LogP contribution in [0, 0.1) is 5.41 Å². The lowest BCUT2D eigenvalue weighted by Crippen LogP contribution is -2.37. The third kappa shape index (κ3) is 2.92. The van der Waals surface area contributed by atoms with Crippen LogP contribution in [0.4, 0.5) is 10.5 Å². The van der Waals surface area contributed by atoms with E-state index >= 15 is 0 Å². The van der Waals surface area contributed by atoms with Crippen molar-refractivity contribution in [2.75, 3.05) is 18.4 Å². The minimum atomic E-state index is -0.846. The van der Waals surface area contributed by atoms with E-state index in [1.54, 1.807) is 11.8 Å². The van der Waals surface area contributed by atoms with Crippen molar-refractivity contribution < 1.29 is 14.7 Å². The summed E-state index contributed by atoms with van der Waals surface area (Å²) >= 11 is 0. The first kappa shape index (κ1) is 14.4. The lowest BCUT2D eigenvalue weighted by Gasteiger charge is -2.20. The fourth-order valence-corrected chi connectivity index (χ4v) is 2.38. The molecule has 1 aromatic carbocycles. The maximum Gasteiger partial charge on any atom is 0.321 e. The molecule has 5 heteroatoms. The average Bonchev–Trinajstić information content (AvgIpc) is 2.83. The van der Waals surface area contributed by atoms with E-state index in [0.717, 1.165) is 17.7 Å². The number of nitrogens with zero attached hydrogens (tertiary/aromatic N) is 1. The Labute approximate surface area is 118 Å². The third-order valence-electron chi connectivity index (χ3n) is 3.86. The molecule has 0 spiro atoms. The van der Waals surface area contributed by atoms with E-state index < -0.39 is 11.4 Å². The van der Waals surface area contributed by atoms with Gasteiger partial charge in [-0.3, -0.25) is 4.79 Å². The minimum absolute atomic E-state index is 0.233. The highest BCUT2D eigenvalue weighted by atomic mass is 16.4. The van der Waals surface area contributed by atoms with Gasteiger partial charge in [0.15, 0.2) is 0 Å². The van der Waals surface area contributed by atoms with Crippen molar-refractivity contribution in [2.24, 2.45) is 5.41 Å². The zero-order valence-electron chi connectivity index (χ0n) is 11.8. The third-order valence-corrected chi connectivity index (χ3v) is 3.86. The number of likely N-dealkylation sites (tertiary alicyclic amines) is 1. The second-order valence-electron chi connectivity index (χ2n) is 5.52. The zero-order chi connectivity index (χ0) is 14.8. The molecule has 0 aromatic heterocycles. The number of carbonyl (C=O) groups excluding carboxylic acids is 1. The van der Waals surface area contributed by atoms with Gasteiger partial charge in [-0.2, -0.15) is 0 Å². The summed E-state index contributed by atoms with van der Waals surface area (Å²) in [4.78, 5) is 24.9. The SMILES string of the molecule is CCc1cccc(NC(=O)N2CCC(C)(C(=O)O)C2)c1. The second-order valence-corrected chi connectivity index (χ2v) is 5.52. The second kappa shape index (κ2) is 5.53. The summed E-state index contributed by atoms with van der Waals surface area (Å²) in [6, 6.07) is 7.45. The fraction of sp³-hybridized carbons (Fsp3) is 0.467. The molecule has 1 heterocycles. The predicted molar refractivity (Wildman–Crippen MR) is 76.8 cm³/mol. The quantitative estimate of drug-likeness (QED) is 0.891. The highest BCUT2D eigenvalue weighted by Crippen LogP contribution is 2.30. The molecule has 0 aliphatic carbocycles. The van der Waals surface area contributed by atoms with Crippen LogP contribution in [0.1, 0.15) is 25.8 Å². The monoisotopic (exact) mass is 276 g/mol. The number of hydrogen-bond acceptors (Lipinski definition) is 2. The summed E-state index contributed by atoms with van der Waals surface area (Å²) in [6.07, 6.45) is 1.40. The summed E-state index contributed by atoms with van der Waals surface area (Å²) in [7, 11) is 0. The highest BCUT2D eigenvalue weighted by Gasteiger charge is 2.42. The van der Waals surface area contributed by atoms with Gasteiger partial charge < -0.3 is 15.3 Å². The van der Waals surface area contributed by atoms with Crippen LogP contribution < -0.4 is 5.32 Å². The van der Waals surface area contributed by atoms with Gasteiger partial charge in [-0.1, -0.05) is 19.1 Å². The van der Waals surface area contributed by atoms with E-state index in [9.17, 15) is 14.7 Å². The molecule has 1 aliphatic heterocycles. The lowest BCUT2D eigenvalue weighted by atomic mass is 9.90. The van der Waals surface area contributed by atoms with Gasteiger partial charge in [-0.05, 0) is 37.5 Å². The molecule has 1 aliphatic rings. The number of carbonyl (C=O) groups is 2. The standard InChI is InChI=1S/C15H20N2O3/c1-3-11-5-4-6-12(9-11)16-14(20)17-8-7-15(2,10-17)13(18)19/h4-6,9H,3,7-8,10H2,1-2H3,(H,16,20)(H,18,19). The van der Waals surface area contributed by atoms with Gasteiger partial charge in [0, 0.05) is 18.8 Å². The summed E-state index contributed by atoms with van der Waals surface area (Å²) in [5.41, 5.74) is 1.07.